The zero-order valence-electron chi connectivity index (χ0n) is 19.5. The van der Waals surface area contributed by atoms with E-state index in [0.717, 1.165) is 27.5 Å². The molecule has 0 bridgehead atoms. The van der Waals surface area contributed by atoms with Crippen molar-refractivity contribution < 1.29 is 14.4 Å². The van der Waals surface area contributed by atoms with Crippen LogP contribution in [0.4, 0.5) is 4.79 Å². The molecular weight excluding hydrogens is 486 g/mol. The molecule has 0 saturated heterocycles. The van der Waals surface area contributed by atoms with Gasteiger partial charge >= 0.3 is 6.03 Å². The van der Waals surface area contributed by atoms with Gasteiger partial charge in [-0.1, -0.05) is 38.0 Å². The van der Waals surface area contributed by atoms with Crippen LogP contribution in [0.3, 0.4) is 0 Å². The maximum absolute atomic E-state index is 13.7. The van der Waals surface area contributed by atoms with Gasteiger partial charge < -0.3 is 15.5 Å². The number of hydrogen-bond acceptors (Lipinski definition) is 6. The van der Waals surface area contributed by atoms with Crippen molar-refractivity contribution in [1.29, 1.82) is 0 Å². The van der Waals surface area contributed by atoms with Crippen molar-refractivity contribution in [2.24, 2.45) is 0 Å². The highest BCUT2D eigenvalue weighted by Crippen LogP contribution is 2.23. The fourth-order valence-electron chi connectivity index (χ4n) is 3.64. The Morgan fingerprint density at radius 2 is 1.53 bits per heavy atom. The fourth-order valence-corrected chi connectivity index (χ4v) is 5.85. The Hall–Kier alpha value is -2.49. The standard InChI is InChI=1S/C25H31N3O3S3/c1-3-4-10-21(26-25(31)27-22(15-18(2)29)23-11-7-14-34-23)24(30)28(16-19-8-5-12-32-19)17-20-9-6-13-33-20/h5-9,11-14,21-22H,3-4,10,15-17H2,1-2H3,(H2,26,27,31)/t21-,22-/m0/s1. The van der Waals surface area contributed by atoms with Crippen LogP contribution in [0, 0.1) is 0 Å². The van der Waals surface area contributed by atoms with Crippen molar-refractivity contribution in [3.05, 3.63) is 67.2 Å². The molecule has 0 aliphatic carbocycles. The van der Waals surface area contributed by atoms with Gasteiger partial charge in [-0.15, -0.1) is 34.0 Å². The van der Waals surface area contributed by atoms with E-state index in [2.05, 4.69) is 17.6 Å². The summed E-state index contributed by atoms with van der Waals surface area (Å²) in [6.45, 7) is 4.59. The van der Waals surface area contributed by atoms with Crippen molar-refractivity contribution in [2.45, 2.75) is 64.7 Å². The van der Waals surface area contributed by atoms with Gasteiger partial charge in [-0.3, -0.25) is 9.59 Å². The molecule has 6 nitrogen and oxygen atoms in total. The molecule has 3 rings (SSSR count). The summed E-state index contributed by atoms with van der Waals surface area (Å²) in [6, 6.07) is 10.3. The lowest BCUT2D eigenvalue weighted by molar-refractivity contribution is -0.134. The molecule has 182 valence electrons. The van der Waals surface area contributed by atoms with E-state index in [-0.39, 0.29) is 18.1 Å². The number of urea groups is 1. The minimum Gasteiger partial charge on any atom is -0.331 e. The average Bonchev–Trinajstić information content (AvgIpc) is 3.59. The highest BCUT2D eigenvalue weighted by atomic mass is 32.1. The lowest BCUT2D eigenvalue weighted by atomic mass is 10.1. The quantitative estimate of drug-likeness (QED) is 0.293. The zero-order chi connectivity index (χ0) is 24.3. The second kappa shape index (κ2) is 13.4. The molecule has 9 heteroatoms. The molecule has 0 aliphatic rings. The minimum absolute atomic E-state index is 0.00428. The predicted octanol–water partition coefficient (Wildman–Crippen LogP) is 5.98. The summed E-state index contributed by atoms with van der Waals surface area (Å²) < 4.78 is 0. The molecule has 0 radical (unpaired) electrons. The number of unbranched alkanes of at least 4 members (excludes halogenated alkanes) is 1. The van der Waals surface area contributed by atoms with Crippen molar-refractivity contribution in [3.8, 4) is 0 Å². The molecule has 0 saturated carbocycles. The number of nitrogens with one attached hydrogen (secondary N) is 2. The molecule has 3 aromatic heterocycles. The third-order valence-electron chi connectivity index (χ3n) is 5.30. The Labute approximate surface area is 213 Å². The van der Waals surface area contributed by atoms with E-state index in [1.54, 1.807) is 22.7 Å². The normalized spacial score (nSPS) is 12.6. The van der Waals surface area contributed by atoms with Crippen LogP contribution in [-0.2, 0) is 22.7 Å². The molecule has 0 fully saturated rings. The van der Waals surface area contributed by atoms with Gasteiger partial charge in [0.25, 0.3) is 0 Å². The van der Waals surface area contributed by atoms with Crippen LogP contribution in [0.15, 0.2) is 52.5 Å². The first-order chi connectivity index (χ1) is 16.5. The Kier molecular flexibility index (Phi) is 10.3. The van der Waals surface area contributed by atoms with Gasteiger partial charge in [-0.05, 0) is 47.7 Å². The third-order valence-corrected chi connectivity index (χ3v) is 8.01. The van der Waals surface area contributed by atoms with Crippen LogP contribution < -0.4 is 10.6 Å². The lowest BCUT2D eigenvalue weighted by Crippen LogP contribution is -2.51. The highest BCUT2D eigenvalue weighted by molar-refractivity contribution is 7.10. The molecule has 3 amide bonds. The monoisotopic (exact) mass is 517 g/mol. The van der Waals surface area contributed by atoms with Crippen LogP contribution in [-0.4, -0.2) is 28.7 Å². The molecule has 0 aromatic carbocycles. The molecular formula is C25H31N3O3S3. The number of amides is 3. The second-order valence-electron chi connectivity index (χ2n) is 8.14. The maximum atomic E-state index is 13.7. The third kappa shape index (κ3) is 8.07. The van der Waals surface area contributed by atoms with E-state index in [0.29, 0.717) is 19.5 Å². The van der Waals surface area contributed by atoms with Gasteiger partial charge in [-0.25, -0.2) is 4.79 Å². The Morgan fingerprint density at radius 3 is 2.03 bits per heavy atom. The van der Waals surface area contributed by atoms with Crippen LogP contribution in [0.2, 0.25) is 0 Å². The first-order valence-corrected chi connectivity index (χ1v) is 14.0. The number of thiophene rings is 3. The summed E-state index contributed by atoms with van der Waals surface area (Å²) >= 11 is 4.73. The van der Waals surface area contributed by atoms with Crippen LogP contribution >= 0.6 is 34.0 Å². The highest BCUT2D eigenvalue weighted by Gasteiger charge is 2.27. The van der Waals surface area contributed by atoms with Crippen LogP contribution in [0.25, 0.3) is 0 Å². The molecule has 0 spiro atoms. The van der Waals surface area contributed by atoms with Gasteiger partial charge in [0.2, 0.25) is 5.91 Å². The summed E-state index contributed by atoms with van der Waals surface area (Å²) in [4.78, 5) is 43.3. The topological polar surface area (TPSA) is 78.5 Å². The number of nitrogens with zero attached hydrogens (tertiary/aromatic N) is 1. The number of Topliss-reactive ketones (excluding diaryl/α,β-unsaturated/α-hetero) is 1. The molecule has 0 aliphatic heterocycles. The first-order valence-electron chi connectivity index (χ1n) is 11.4. The second-order valence-corrected chi connectivity index (χ2v) is 11.2. The van der Waals surface area contributed by atoms with E-state index >= 15 is 0 Å². The van der Waals surface area contributed by atoms with Gasteiger partial charge in [0.1, 0.15) is 11.8 Å². The van der Waals surface area contributed by atoms with Crippen LogP contribution in [0.5, 0.6) is 0 Å². The minimum atomic E-state index is -0.638. The van der Waals surface area contributed by atoms with E-state index < -0.39 is 18.1 Å². The fraction of sp³-hybridized carbons (Fsp3) is 0.400. The Bertz CT molecular complexity index is 981. The number of hydrogen-bond donors (Lipinski definition) is 2. The van der Waals surface area contributed by atoms with E-state index in [4.69, 9.17) is 0 Å². The molecule has 2 atom stereocenters. The van der Waals surface area contributed by atoms with E-state index in [9.17, 15) is 14.4 Å². The SMILES string of the molecule is CCCC[C@H](NC(=O)N[C@@H](CC(C)=O)c1cccs1)C(=O)N(Cc1cccs1)Cc1cccs1. The van der Waals surface area contributed by atoms with Crippen LogP contribution in [0.1, 0.15) is 60.2 Å². The maximum Gasteiger partial charge on any atom is 0.315 e. The summed E-state index contributed by atoms with van der Waals surface area (Å²) in [6.07, 6.45) is 2.52. The van der Waals surface area contributed by atoms with Crippen molar-refractivity contribution in [2.75, 3.05) is 0 Å². The summed E-state index contributed by atoms with van der Waals surface area (Å²) in [5.74, 6) is -0.0972. The van der Waals surface area contributed by atoms with Crippen molar-refractivity contribution in [3.63, 3.8) is 0 Å². The summed E-state index contributed by atoms with van der Waals surface area (Å²) in [5, 5.41) is 11.8. The summed E-state index contributed by atoms with van der Waals surface area (Å²) in [5.41, 5.74) is 0. The summed E-state index contributed by atoms with van der Waals surface area (Å²) in [7, 11) is 0. The Morgan fingerprint density at radius 1 is 0.912 bits per heavy atom. The predicted molar refractivity (Wildman–Crippen MR) is 140 cm³/mol. The first kappa shape index (κ1) is 26.1. The molecule has 0 unspecified atom stereocenters. The number of ketones is 1. The smallest absolute Gasteiger partial charge is 0.315 e. The Balaban J connectivity index is 1.73. The van der Waals surface area contributed by atoms with Crippen molar-refractivity contribution in [1.82, 2.24) is 15.5 Å². The van der Waals surface area contributed by atoms with E-state index in [1.165, 1.54) is 18.3 Å². The average molecular weight is 518 g/mol. The molecule has 2 N–H and O–H groups in total. The van der Waals surface area contributed by atoms with Gasteiger partial charge in [0.05, 0.1) is 19.1 Å². The lowest BCUT2D eigenvalue weighted by Gasteiger charge is -2.28. The van der Waals surface area contributed by atoms with Gasteiger partial charge in [0.15, 0.2) is 0 Å². The van der Waals surface area contributed by atoms with Gasteiger partial charge in [-0.2, -0.15) is 0 Å². The van der Waals surface area contributed by atoms with E-state index in [1.807, 2.05) is 57.4 Å². The molecule has 34 heavy (non-hydrogen) atoms. The zero-order valence-corrected chi connectivity index (χ0v) is 21.9. The van der Waals surface area contributed by atoms with Crippen molar-refractivity contribution >= 4 is 51.7 Å². The van der Waals surface area contributed by atoms with Gasteiger partial charge in [0, 0.05) is 21.1 Å². The number of carbonyl (C=O) groups excluding carboxylic acids is 3. The molecule has 3 heterocycles. The number of rotatable bonds is 13. The number of carbonyl (C=O) groups is 3. The molecule has 3 aromatic rings. The largest absolute Gasteiger partial charge is 0.331 e.